The van der Waals surface area contributed by atoms with Gasteiger partial charge in [0.1, 0.15) is 11.7 Å². The quantitative estimate of drug-likeness (QED) is 0.329. The number of ether oxygens (including phenoxy) is 2. The van der Waals surface area contributed by atoms with E-state index in [9.17, 15) is 14.7 Å². The lowest BCUT2D eigenvalue weighted by molar-refractivity contribution is -0.161. The van der Waals surface area contributed by atoms with Crippen LogP contribution in [0.4, 0.5) is 0 Å². The van der Waals surface area contributed by atoms with Gasteiger partial charge in [-0.25, -0.2) is 0 Å². The summed E-state index contributed by atoms with van der Waals surface area (Å²) in [4.78, 5) is 25.9. The summed E-state index contributed by atoms with van der Waals surface area (Å²) in [5.41, 5.74) is 2.73. The van der Waals surface area contributed by atoms with E-state index in [2.05, 4.69) is 41.2 Å². The molecule has 5 aliphatic rings. The van der Waals surface area contributed by atoms with Gasteiger partial charge in [-0.3, -0.25) is 9.59 Å². The van der Waals surface area contributed by atoms with Gasteiger partial charge in [0.25, 0.3) is 0 Å². The average molecular weight is 513 g/mol. The summed E-state index contributed by atoms with van der Waals surface area (Å²) in [5.74, 6) is 0.243. The van der Waals surface area contributed by atoms with Crippen LogP contribution in [0.2, 0.25) is 0 Å². The zero-order chi connectivity index (χ0) is 27.2. The van der Waals surface area contributed by atoms with Crippen LogP contribution in [0.1, 0.15) is 113 Å². The molecule has 1 aliphatic heterocycles. The van der Waals surface area contributed by atoms with E-state index >= 15 is 0 Å². The Morgan fingerprint density at radius 1 is 1.03 bits per heavy atom. The van der Waals surface area contributed by atoms with Crippen LogP contribution in [0, 0.1) is 33.5 Å². The molecular weight excluding hydrogens is 464 g/mol. The van der Waals surface area contributed by atoms with Gasteiger partial charge < -0.3 is 14.6 Å². The Kier molecular flexibility index (Phi) is 6.15. The van der Waals surface area contributed by atoms with Crippen molar-refractivity contribution < 1.29 is 24.2 Å². The van der Waals surface area contributed by atoms with Gasteiger partial charge in [-0.2, -0.15) is 0 Å². The Balaban J connectivity index is 1.51. The van der Waals surface area contributed by atoms with Crippen molar-refractivity contribution >= 4 is 11.9 Å². The van der Waals surface area contributed by atoms with Gasteiger partial charge in [0.15, 0.2) is 0 Å². The van der Waals surface area contributed by atoms with Crippen LogP contribution in [0.5, 0.6) is 0 Å². The Labute approximate surface area is 223 Å². The predicted octanol–water partition coefficient (Wildman–Crippen LogP) is 6.68. The third-order valence-electron chi connectivity index (χ3n) is 12.1. The summed E-state index contributed by atoms with van der Waals surface area (Å²) in [5, 5.41) is 10.9. The molecule has 0 bridgehead atoms. The summed E-state index contributed by atoms with van der Waals surface area (Å²) in [6.07, 6.45) is 8.25. The number of carbonyl (C=O) groups is 2. The fraction of sp³-hybridized carbons (Fsp3) is 0.812. The lowest BCUT2D eigenvalue weighted by Crippen LogP contribution is -2.56. The number of carbonyl (C=O) groups excluding carboxylic acids is 2. The summed E-state index contributed by atoms with van der Waals surface area (Å²) < 4.78 is 12.1. The first-order chi connectivity index (χ1) is 17.1. The van der Waals surface area contributed by atoms with Crippen LogP contribution in [0.25, 0.3) is 0 Å². The van der Waals surface area contributed by atoms with Crippen LogP contribution >= 0.6 is 0 Å². The van der Waals surface area contributed by atoms with Crippen LogP contribution in [0.15, 0.2) is 23.3 Å². The predicted molar refractivity (Wildman–Crippen MR) is 143 cm³/mol. The van der Waals surface area contributed by atoms with E-state index in [1.807, 2.05) is 6.92 Å². The molecule has 4 aliphatic carbocycles. The topological polar surface area (TPSA) is 72.8 Å². The second kappa shape index (κ2) is 8.44. The summed E-state index contributed by atoms with van der Waals surface area (Å²) >= 11 is 0. The highest BCUT2D eigenvalue weighted by atomic mass is 16.6. The van der Waals surface area contributed by atoms with Gasteiger partial charge in [0, 0.05) is 31.1 Å². The second-order valence-corrected chi connectivity index (χ2v) is 14.5. The number of rotatable bonds is 5. The summed E-state index contributed by atoms with van der Waals surface area (Å²) in [6.45, 7) is 18.8. The van der Waals surface area contributed by atoms with Gasteiger partial charge in [-0.15, -0.1) is 6.58 Å². The number of hydrogen-bond acceptors (Lipinski definition) is 5. The number of hydrogen-bond donors (Lipinski definition) is 1. The molecule has 2 saturated carbocycles. The van der Waals surface area contributed by atoms with Crippen molar-refractivity contribution in [3.63, 3.8) is 0 Å². The third-order valence-corrected chi connectivity index (χ3v) is 12.1. The normalized spacial score (nSPS) is 44.8. The monoisotopic (exact) mass is 512 g/mol. The van der Waals surface area contributed by atoms with Gasteiger partial charge in [-0.1, -0.05) is 44.4 Å². The number of fused-ring (bicyclic) bond motifs is 3. The molecule has 5 heteroatoms. The maximum atomic E-state index is 14.0. The Hall–Kier alpha value is -1.62. The van der Waals surface area contributed by atoms with Crippen molar-refractivity contribution in [2.24, 2.45) is 33.5 Å². The number of cyclic esters (lactones) is 1. The van der Waals surface area contributed by atoms with E-state index in [0.717, 1.165) is 56.9 Å². The Morgan fingerprint density at radius 3 is 2.38 bits per heavy atom. The Bertz CT molecular complexity index is 1040. The molecule has 206 valence electrons. The maximum Gasteiger partial charge on any atom is 0.313 e. The number of aliphatic hydroxyl groups is 1. The second-order valence-electron chi connectivity index (χ2n) is 14.5. The minimum Gasteiger partial charge on any atom is -0.462 e. The molecule has 2 unspecified atom stereocenters. The standard InChI is InChI=1S/C32H48O5/c1-19(2)17-21(36-20(3)33)18-31(8)25-12-15-30(7)23-9-10-24-28(4,5)26(34)13-14-29(24,6)22(23)11-16-32(25,30)27(35)37-31/h21,24-26,34H,1,9-18H2,2-8H3/t21?,24-,25+,26-,29+,30-,31-,32?/m0/s1. The largest absolute Gasteiger partial charge is 0.462 e. The maximum absolute atomic E-state index is 14.0. The molecule has 0 aromatic rings. The first-order valence-electron chi connectivity index (χ1n) is 14.6. The molecule has 1 N–H and O–H groups in total. The summed E-state index contributed by atoms with van der Waals surface area (Å²) in [6, 6.07) is 0. The van der Waals surface area contributed by atoms with Crippen LogP contribution in [-0.2, 0) is 19.1 Å². The third kappa shape index (κ3) is 3.58. The van der Waals surface area contributed by atoms with Gasteiger partial charge >= 0.3 is 11.9 Å². The molecule has 0 aromatic carbocycles. The molecule has 1 spiro atoms. The van der Waals surface area contributed by atoms with Crippen LogP contribution in [0.3, 0.4) is 0 Å². The van der Waals surface area contributed by atoms with Crippen LogP contribution in [-0.4, -0.2) is 34.9 Å². The number of esters is 2. The minimum absolute atomic E-state index is 0.0323. The molecule has 1 saturated heterocycles. The van der Waals surface area contributed by atoms with Gasteiger partial charge in [0.2, 0.25) is 0 Å². The smallest absolute Gasteiger partial charge is 0.313 e. The molecule has 8 atom stereocenters. The molecule has 0 aromatic heterocycles. The number of allylic oxidation sites excluding steroid dienone is 2. The highest BCUT2D eigenvalue weighted by molar-refractivity contribution is 5.83. The highest BCUT2D eigenvalue weighted by Crippen LogP contribution is 2.75. The molecule has 0 amide bonds. The SMILES string of the molecule is C=C(C)CC(C[C@]1(C)OC(=O)C23CCC4=C(CC[C@H]5C(C)(C)[C@@H](O)CC[C@]45C)[C@]2(C)CC[C@@H]31)OC(C)=O. The lowest BCUT2D eigenvalue weighted by Gasteiger charge is -2.61. The molecule has 5 rings (SSSR count). The van der Waals surface area contributed by atoms with Crippen molar-refractivity contribution in [2.75, 3.05) is 0 Å². The van der Waals surface area contributed by atoms with Gasteiger partial charge in [0.05, 0.1) is 11.5 Å². The van der Waals surface area contributed by atoms with E-state index < -0.39 is 11.0 Å². The van der Waals surface area contributed by atoms with E-state index in [-0.39, 0.29) is 46.3 Å². The zero-order valence-electron chi connectivity index (χ0n) is 24.2. The fourth-order valence-corrected chi connectivity index (χ4v) is 10.5. The van der Waals surface area contributed by atoms with Gasteiger partial charge in [-0.05, 0) is 82.0 Å². The van der Waals surface area contributed by atoms with E-state index in [1.165, 1.54) is 12.5 Å². The molecular formula is C32H48O5. The summed E-state index contributed by atoms with van der Waals surface area (Å²) in [7, 11) is 0. The Morgan fingerprint density at radius 2 is 1.73 bits per heavy atom. The minimum atomic E-state index is -0.652. The van der Waals surface area contributed by atoms with Crippen molar-refractivity contribution in [1.29, 1.82) is 0 Å². The van der Waals surface area contributed by atoms with Crippen molar-refractivity contribution in [1.82, 2.24) is 0 Å². The molecule has 37 heavy (non-hydrogen) atoms. The molecule has 5 nitrogen and oxygen atoms in total. The van der Waals surface area contributed by atoms with E-state index in [1.54, 1.807) is 5.57 Å². The van der Waals surface area contributed by atoms with Crippen molar-refractivity contribution in [3.05, 3.63) is 23.3 Å². The van der Waals surface area contributed by atoms with E-state index in [4.69, 9.17) is 9.47 Å². The molecule has 0 radical (unpaired) electrons. The molecule has 3 fully saturated rings. The zero-order valence-corrected chi connectivity index (χ0v) is 24.2. The lowest BCUT2D eigenvalue weighted by atomic mass is 9.43. The van der Waals surface area contributed by atoms with Crippen molar-refractivity contribution in [2.45, 2.75) is 130 Å². The number of aliphatic hydroxyl groups excluding tert-OH is 1. The van der Waals surface area contributed by atoms with Crippen molar-refractivity contribution in [3.8, 4) is 0 Å². The fourth-order valence-electron chi connectivity index (χ4n) is 10.5. The average Bonchev–Trinajstić information content (AvgIpc) is 3.20. The first-order valence-corrected chi connectivity index (χ1v) is 14.6. The molecule has 1 heterocycles. The van der Waals surface area contributed by atoms with E-state index in [0.29, 0.717) is 18.8 Å². The first kappa shape index (κ1) is 27.0. The van der Waals surface area contributed by atoms with Crippen LogP contribution < -0.4 is 0 Å². The highest BCUT2D eigenvalue weighted by Gasteiger charge is 2.75.